The summed E-state index contributed by atoms with van der Waals surface area (Å²) in [7, 11) is 1.81. The van der Waals surface area contributed by atoms with Crippen LogP contribution in [0, 0.1) is 0 Å². The Morgan fingerprint density at radius 1 is 1.35 bits per heavy atom. The van der Waals surface area contributed by atoms with E-state index in [1.54, 1.807) is 6.26 Å². The molecule has 17 heavy (non-hydrogen) atoms. The number of methoxy groups -OCH3 is 1. The molecule has 0 aromatic carbocycles. The Morgan fingerprint density at radius 3 is 2.47 bits per heavy atom. The summed E-state index contributed by atoms with van der Waals surface area (Å²) >= 11 is 0. The maximum atomic E-state index is 5.81. The lowest BCUT2D eigenvalue weighted by molar-refractivity contribution is -0.0468. The highest BCUT2D eigenvalue weighted by molar-refractivity contribution is 5.10. The molecule has 1 atom stereocenters. The molecule has 3 nitrogen and oxygen atoms in total. The molecule has 0 aliphatic rings. The van der Waals surface area contributed by atoms with Crippen LogP contribution in [0.15, 0.2) is 23.0 Å². The molecule has 0 bridgehead atoms. The topological polar surface area (TPSA) is 34.4 Å². The highest BCUT2D eigenvalue weighted by Gasteiger charge is 2.35. The van der Waals surface area contributed by atoms with Crippen molar-refractivity contribution in [3.63, 3.8) is 0 Å². The minimum absolute atomic E-state index is 0.0900. The summed E-state index contributed by atoms with van der Waals surface area (Å²) in [4.78, 5) is 0. The van der Waals surface area contributed by atoms with Crippen LogP contribution in [0.5, 0.6) is 0 Å². The third kappa shape index (κ3) is 3.33. The maximum absolute atomic E-state index is 5.81. The normalized spacial score (nSPS) is 13.9. The standard InChI is InChI=1S/C14H25NO2/c1-5-14(6-2,16-4)13(15-7-3)10-12-8-9-17-11-12/h8-9,11,13,15H,5-7,10H2,1-4H3. The summed E-state index contributed by atoms with van der Waals surface area (Å²) in [6.07, 6.45) is 6.51. The van der Waals surface area contributed by atoms with E-state index >= 15 is 0 Å². The van der Waals surface area contributed by atoms with Gasteiger partial charge in [-0.25, -0.2) is 0 Å². The van der Waals surface area contributed by atoms with Crippen molar-refractivity contribution in [3.05, 3.63) is 24.2 Å². The monoisotopic (exact) mass is 239 g/mol. The van der Waals surface area contributed by atoms with Crippen LogP contribution in [0.2, 0.25) is 0 Å². The third-order valence-electron chi connectivity index (χ3n) is 3.71. The van der Waals surface area contributed by atoms with Gasteiger partial charge in [0.15, 0.2) is 0 Å². The van der Waals surface area contributed by atoms with Crippen molar-refractivity contribution < 1.29 is 9.15 Å². The first kappa shape index (κ1) is 14.3. The lowest BCUT2D eigenvalue weighted by Crippen LogP contribution is -2.52. The highest BCUT2D eigenvalue weighted by Crippen LogP contribution is 2.26. The van der Waals surface area contributed by atoms with Crippen LogP contribution in [-0.2, 0) is 11.2 Å². The summed E-state index contributed by atoms with van der Waals surface area (Å²) in [6, 6.07) is 2.35. The second-order valence-electron chi connectivity index (χ2n) is 4.42. The van der Waals surface area contributed by atoms with E-state index in [-0.39, 0.29) is 5.60 Å². The van der Waals surface area contributed by atoms with E-state index in [1.165, 1.54) is 5.56 Å². The van der Waals surface area contributed by atoms with Crippen LogP contribution in [0.3, 0.4) is 0 Å². The van der Waals surface area contributed by atoms with Crippen molar-refractivity contribution in [3.8, 4) is 0 Å². The Morgan fingerprint density at radius 2 is 2.06 bits per heavy atom. The Kier molecular flexibility index (Phi) is 5.72. The van der Waals surface area contributed by atoms with Gasteiger partial charge in [-0.2, -0.15) is 0 Å². The average molecular weight is 239 g/mol. The first-order valence-electron chi connectivity index (χ1n) is 6.52. The van der Waals surface area contributed by atoms with E-state index in [1.807, 2.05) is 19.4 Å². The van der Waals surface area contributed by atoms with Gasteiger partial charge in [0.25, 0.3) is 0 Å². The lowest BCUT2D eigenvalue weighted by atomic mass is 9.84. The van der Waals surface area contributed by atoms with E-state index in [4.69, 9.17) is 9.15 Å². The van der Waals surface area contributed by atoms with E-state index in [0.717, 1.165) is 25.8 Å². The largest absolute Gasteiger partial charge is 0.472 e. The number of hydrogen-bond acceptors (Lipinski definition) is 3. The van der Waals surface area contributed by atoms with Gasteiger partial charge in [-0.15, -0.1) is 0 Å². The van der Waals surface area contributed by atoms with E-state index in [9.17, 15) is 0 Å². The van der Waals surface area contributed by atoms with Gasteiger partial charge < -0.3 is 14.5 Å². The molecule has 98 valence electrons. The summed E-state index contributed by atoms with van der Waals surface area (Å²) < 4.78 is 10.9. The van der Waals surface area contributed by atoms with Crippen molar-refractivity contribution in [2.45, 2.75) is 51.7 Å². The number of furan rings is 1. The molecule has 0 aliphatic heterocycles. The molecule has 0 aliphatic carbocycles. The van der Waals surface area contributed by atoms with Crippen LogP contribution in [0.25, 0.3) is 0 Å². The van der Waals surface area contributed by atoms with E-state index in [0.29, 0.717) is 6.04 Å². The Balaban J connectivity index is 2.82. The smallest absolute Gasteiger partial charge is 0.0935 e. The average Bonchev–Trinajstić information content (AvgIpc) is 2.85. The van der Waals surface area contributed by atoms with E-state index < -0.39 is 0 Å². The molecule has 1 aromatic heterocycles. The molecule has 1 unspecified atom stereocenters. The summed E-state index contributed by atoms with van der Waals surface area (Å²) in [5.41, 5.74) is 1.13. The molecule has 3 heteroatoms. The van der Waals surface area contributed by atoms with Crippen LogP contribution in [0.1, 0.15) is 39.2 Å². The lowest BCUT2D eigenvalue weighted by Gasteiger charge is -2.39. The van der Waals surface area contributed by atoms with Crippen molar-refractivity contribution in [1.29, 1.82) is 0 Å². The second-order valence-corrected chi connectivity index (χ2v) is 4.42. The molecule has 1 rings (SSSR count). The van der Waals surface area contributed by atoms with Gasteiger partial charge in [0, 0.05) is 13.2 Å². The van der Waals surface area contributed by atoms with Gasteiger partial charge in [-0.3, -0.25) is 0 Å². The fourth-order valence-corrected chi connectivity index (χ4v) is 2.51. The third-order valence-corrected chi connectivity index (χ3v) is 3.71. The van der Waals surface area contributed by atoms with Crippen molar-refractivity contribution in [2.24, 2.45) is 0 Å². The van der Waals surface area contributed by atoms with Gasteiger partial charge >= 0.3 is 0 Å². The predicted molar refractivity (Wildman–Crippen MR) is 70.2 cm³/mol. The molecule has 1 aromatic rings. The second kappa shape index (κ2) is 6.82. The molecular formula is C14H25NO2. The summed E-state index contributed by atoms with van der Waals surface area (Å²) in [5.74, 6) is 0. The summed E-state index contributed by atoms with van der Waals surface area (Å²) in [6.45, 7) is 7.46. The molecule has 1 N–H and O–H groups in total. The number of rotatable bonds is 8. The van der Waals surface area contributed by atoms with Crippen LogP contribution < -0.4 is 5.32 Å². The van der Waals surface area contributed by atoms with Gasteiger partial charge in [0.2, 0.25) is 0 Å². The predicted octanol–water partition coefficient (Wildman–Crippen LogP) is 3.01. The maximum Gasteiger partial charge on any atom is 0.0935 e. The van der Waals surface area contributed by atoms with Crippen molar-refractivity contribution >= 4 is 0 Å². The first-order valence-corrected chi connectivity index (χ1v) is 6.52. The molecular weight excluding hydrogens is 214 g/mol. The van der Waals surface area contributed by atoms with Gasteiger partial charge in [0.1, 0.15) is 0 Å². The molecule has 0 saturated heterocycles. The fourth-order valence-electron chi connectivity index (χ4n) is 2.51. The molecule has 0 fully saturated rings. The quantitative estimate of drug-likeness (QED) is 0.757. The van der Waals surface area contributed by atoms with Gasteiger partial charge in [-0.05, 0) is 37.4 Å². The minimum atomic E-state index is -0.0900. The number of hydrogen-bond donors (Lipinski definition) is 1. The van der Waals surface area contributed by atoms with Gasteiger partial charge in [-0.1, -0.05) is 20.8 Å². The zero-order valence-electron chi connectivity index (χ0n) is 11.5. The molecule has 1 heterocycles. The van der Waals surface area contributed by atoms with Crippen LogP contribution >= 0.6 is 0 Å². The molecule has 0 saturated carbocycles. The highest BCUT2D eigenvalue weighted by atomic mass is 16.5. The van der Waals surface area contributed by atoms with E-state index in [2.05, 4.69) is 26.1 Å². The molecule has 0 radical (unpaired) electrons. The van der Waals surface area contributed by atoms with Crippen molar-refractivity contribution in [1.82, 2.24) is 5.32 Å². The first-order chi connectivity index (χ1) is 8.22. The Hall–Kier alpha value is -0.800. The minimum Gasteiger partial charge on any atom is -0.472 e. The Labute approximate surface area is 105 Å². The fraction of sp³-hybridized carbons (Fsp3) is 0.714. The number of ether oxygens (including phenoxy) is 1. The summed E-state index contributed by atoms with van der Waals surface area (Å²) in [5, 5.41) is 3.55. The zero-order chi connectivity index (χ0) is 12.7. The number of likely N-dealkylation sites (N-methyl/N-ethyl adjacent to an activating group) is 1. The van der Waals surface area contributed by atoms with Gasteiger partial charge in [0.05, 0.1) is 18.1 Å². The molecule has 0 spiro atoms. The Bertz CT molecular complexity index is 283. The van der Waals surface area contributed by atoms with Crippen LogP contribution in [-0.4, -0.2) is 25.3 Å². The SMILES string of the molecule is CCNC(Cc1ccoc1)C(CC)(CC)OC. The molecule has 0 amide bonds. The number of nitrogens with one attached hydrogen (secondary N) is 1. The van der Waals surface area contributed by atoms with Crippen molar-refractivity contribution in [2.75, 3.05) is 13.7 Å². The zero-order valence-corrected chi connectivity index (χ0v) is 11.5. The van der Waals surface area contributed by atoms with Crippen LogP contribution in [0.4, 0.5) is 0 Å².